The highest BCUT2D eigenvalue weighted by atomic mass is 79.9. The van der Waals surface area contributed by atoms with Crippen molar-refractivity contribution in [2.75, 3.05) is 5.32 Å². The lowest BCUT2D eigenvalue weighted by Gasteiger charge is -2.11. The van der Waals surface area contributed by atoms with Crippen LogP contribution in [0.15, 0.2) is 40.9 Å². The first-order valence-electron chi connectivity index (χ1n) is 6.05. The Hall–Kier alpha value is -1.79. The van der Waals surface area contributed by atoms with Crippen LogP contribution in [0.5, 0.6) is 0 Å². The molecule has 6 heteroatoms. The van der Waals surface area contributed by atoms with Gasteiger partial charge in [-0.3, -0.25) is 4.79 Å². The average Bonchev–Trinajstić information content (AvgIpc) is 2.43. The zero-order valence-electron chi connectivity index (χ0n) is 11.1. The molecular formula is C15H12BrFN2OS. The highest BCUT2D eigenvalue weighted by molar-refractivity contribution is 9.10. The van der Waals surface area contributed by atoms with Gasteiger partial charge in [0, 0.05) is 15.6 Å². The predicted octanol–water partition coefficient (Wildman–Crippen LogP) is 3.78. The number of hydrogen-bond donors (Lipinski definition) is 2. The maximum absolute atomic E-state index is 13.2. The zero-order chi connectivity index (χ0) is 15.6. The second kappa shape index (κ2) is 6.32. The molecule has 108 valence electrons. The van der Waals surface area contributed by atoms with E-state index in [0.717, 1.165) is 10.0 Å². The summed E-state index contributed by atoms with van der Waals surface area (Å²) in [6.45, 7) is 1.89. The first-order valence-corrected chi connectivity index (χ1v) is 7.25. The maximum Gasteiger partial charge on any atom is 0.255 e. The van der Waals surface area contributed by atoms with E-state index >= 15 is 0 Å². The minimum absolute atomic E-state index is 0.0248. The number of carbonyl (C=O) groups is 1. The number of halogens is 2. The van der Waals surface area contributed by atoms with Gasteiger partial charge in [-0.1, -0.05) is 28.1 Å². The summed E-state index contributed by atoms with van der Waals surface area (Å²) in [4.78, 5) is 12.3. The second-order valence-corrected chi connectivity index (χ2v) is 5.77. The van der Waals surface area contributed by atoms with E-state index in [1.54, 1.807) is 18.2 Å². The largest absolute Gasteiger partial charge is 0.389 e. The van der Waals surface area contributed by atoms with Gasteiger partial charge in [0.25, 0.3) is 5.91 Å². The van der Waals surface area contributed by atoms with Crippen LogP contribution in [0.1, 0.15) is 21.5 Å². The van der Waals surface area contributed by atoms with Gasteiger partial charge < -0.3 is 11.1 Å². The molecule has 1 amide bonds. The summed E-state index contributed by atoms with van der Waals surface area (Å²) in [5.74, 6) is -0.773. The van der Waals surface area contributed by atoms with Gasteiger partial charge in [0.15, 0.2) is 0 Å². The fourth-order valence-corrected chi connectivity index (χ4v) is 2.23. The van der Waals surface area contributed by atoms with E-state index in [4.69, 9.17) is 18.0 Å². The topological polar surface area (TPSA) is 55.1 Å². The molecule has 3 nitrogen and oxygen atoms in total. The Labute approximate surface area is 135 Å². The summed E-state index contributed by atoms with van der Waals surface area (Å²) < 4.78 is 14.2. The minimum Gasteiger partial charge on any atom is -0.389 e. The van der Waals surface area contributed by atoms with Gasteiger partial charge in [-0.25, -0.2) is 4.39 Å². The Kier molecular flexibility index (Phi) is 4.69. The molecule has 0 radical (unpaired) electrons. The highest BCUT2D eigenvalue weighted by Gasteiger charge is 2.12. The Morgan fingerprint density at radius 3 is 2.62 bits per heavy atom. The summed E-state index contributed by atoms with van der Waals surface area (Å²) in [6, 6.07) is 9.12. The third kappa shape index (κ3) is 3.65. The lowest BCUT2D eigenvalue weighted by molar-refractivity contribution is 0.102. The number of nitrogens with two attached hydrogens (primary N) is 1. The molecule has 0 heterocycles. The van der Waals surface area contributed by atoms with Crippen molar-refractivity contribution >= 4 is 44.7 Å². The highest BCUT2D eigenvalue weighted by Crippen LogP contribution is 2.20. The average molecular weight is 367 g/mol. The van der Waals surface area contributed by atoms with E-state index < -0.39 is 5.82 Å². The number of aryl methyl sites for hydroxylation is 1. The molecule has 2 aromatic carbocycles. The summed E-state index contributed by atoms with van der Waals surface area (Å²) >= 11 is 8.25. The molecule has 0 saturated carbocycles. The number of amides is 1. The van der Waals surface area contributed by atoms with E-state index in [1.807, 2.05) is 6.92 Å². The molecular weight excluding hydrogens is 355 g/mol. The van der Waals surface area contributed by atoms with Crippen molar-refractivity contribution in [3.63, 3.8) is 0 Å². The maximum atomic E-state index is 13.2. The molecule has 0 aromatic heterocycles. The van der Waals surface area contributed by atoms with E-state index in [0.29, 0.717) is 16.8 Å². The van der Waals surface area contributed by atoms with Crippen LogP contribution >= 0.6 is 28.1 Å². The van der Waals surface area contributed by atoms with Gasteiger partial charge in [-0.05, 0) is 48.9 Å². The lowest BCUT2D eigenvalue weighted by Crippen LogP contribution is -2.18. The van der Waals surface area contributed by atoms with Crippen molar-refractivity contribution in [1.29, 1.82) is 0 Å². The zero-order valence-corrected chi connectivity index (χ0v) is 13.5. The number of thiocarbonyl (C=S) groups is 1. The fraction of sp³-hybridized carbons (Fsp3) is 0.0667. The third-order valence-electron chi connectivity index (χ3n) is 2.92. The molecule has 3 N–H and O–H groups in total. The van der Waals surface area contributed by atoms with Crippen LogP contribution in [0.25, 0.3) is 0 Å². The number of hydrogen-bond acceptors (Lipinski definition) is 2. The molecule has 0 spiro atoms. The van der Waals surface area contributed by atoms with Crippen LogP contribution in [-0.2, 0) is 0 Å². The van der Waals surface area contributed by atoms with Crippen molar-refractivity contribution in [1.82, 2.24) is 0 Å². The molecule has 0 atom stereocenters. The second-order valence-electron chi connectivity index (χ2n) is 4.47. The first kappa shape index (κ1) is 15.6. The minimum atomic E-state index is -0.463. The van der Waals surface area contributed by atoms with Crippen molar-refractivity contribution in [2.45, 2.75) is 6.92 Å². The molecule has 0 aliphatic rings. The summed E-state index contributed by atoms with van der Waals surface area (Å²) in [5.41, 5.74) is 7.67. The molecule has 2 aromatic rings. The Morgan fingerprint density at radius 2 is 2.00 bits per heavy atom. The first-order chi connectivity index (χ1) is 9.88. The van der Waals surface area contributed by atoms with Crippen LogP contribution in [-0.4, -0.2) is 10.9 Å². The predicted molar refractivity (Wildman–Crippen MR) is 89.1 cm³/mol. The molecule has 21 heavy (non-hydrogen) atoms. The molecule has 2 rings (SSSR count). The molecule has 0 unspecified atom stereocenters. The summed E-state index contributed by atoms with van der Waals surface area (Å²) in [5, 5.41) is 2.69. The van der Waals surface area contributed by atoms with Crippen molar-refractivity contribution in [3.05, 3.63) is 63.4 Å². The van der Waals surface area contributed by atoms with Crippen molar-refractivity contribution in [3.8, 4) is 0 Å². The number of anilines is 1. The SMILES string of the molecule is Cc1cc(C(=O)Nc2ccc(F)cc2C(N)=S)ccc1Br. The number of carbonyl (C=O) groups excluding carboxylic acids is 1. The number of rotatable bonds is 3. The molecule has 0 fully saturated rings. The smallest absolute Gasteiger partial charge is 0.255 e. The molecule has 0 bridgehead atoms. The van der Waals surface area contributed by atoms with Gasteiger partial charge in [0.05, 0.1) is 5.69 Å². The summed E-state index contributed by atoms with van der Waals surface area (Å²) in [6.07, 6.45) is 0. The van der Waals surface area contributed by atoms with Gasteiger partial charge in [-0.2, -0.15) is 0 Å². The van der Waals surface area contributed by atoms with Crippen molar-refractivity contribution in [2.24, 2.45) is 5.73 Å². The quantitative estimate of drug-likeness (QED) is 0.812. The van der Waals surface area contributed by atoms with Gasteiger partial charge in [0.2, 0.25) is 0 Å². The fourth-order valence-electron chi connectivity index (χ4n) is 1.81. The third-order valence-corrected chi connectivity index (χ3v) is 4.03. The van der Waals surface area contributed by atoms with E-state index in [1.165, 1.54) is 18.2 Å². The Balaban J connectivity index is 2.31. The van der Waals surface area contributed by atoms with Crippen LogP contribution in [0, 0.1) is 12.7 Å². The van der Waals surface area contributed by atoms with Gasteiger partial charge >= 0.3 is 0 Å². The Morgan fingerprint density at radius 1 is 1.29 bits per heavy atom. The van der Waals surface area contributed by atoms with E-state index in [2.05, 4.69) is 21.2 Å². The Bertz CT molecular complexity index is 734. The molecule has 0 aliphatic heterocycles. The lowest BCUT2D eigenvalue weighted by atomic mass is 10.1. The molecule has 0 saturated heterocycles. The van der Waals surface area contributed by atoms with E-state index in [9.17, 15) is 9.18 Å². The normalized spacial score (nSPS) is 10.2. The number of nitrogens with one attached hydrogen (secondary N) is 1. The van der Waals surface area contributed by atoms with Crippen LogP contribution in [0.3, 0.4) is 0 Å². The van der Waals surface area contributed by atoms with Crippen LogP contribution < -0.4 is 11.1 Å². The summed E-state index contributed by atoms with van der Waals surface area (Å²) in [7, 11) is 0. The van der Waals surface area contributed by atoms with Crippen molar-refractivity contribution < 1.29 is 9.18 Å². The van der Waals surface area contributed by atoms with Crippen LogP contribution in [0.2, 0.25) is 0 Å². The van der Waals surface area contributed by atoms with Gasteiger partial charge in [-0.15, -0.1) is 0 Å². The standard InChI is InChI=1S/C15H12BrFN2OS/c1-8-6-9(2-4-12(8)16)15(20)19-13-5-3-10(17)7-11(13)14(18)21/h2-7H,1H3,(H2,18,21)(H,19,20). The molecule has 0 aliphatic carbocycles. The monoisotopic (exact) mass is 366 g/mol. The van der Waals surface area contributed by atoms with Gasteiger partial charge in [0.1, 0.15) is 10.8 Å². The number of benzene rings is 2. The van der Waals surface area contributed by atoms with E-state index in [-0.39, 0.29) is 10.9 Å². The van der Waals surface area contributed by atoms with Crippen LogP contribution in [0.4, 0.5) is 10.1 Å².